The summed E-state index contributed by atoms with van der Waals surface area (Å²) in [5.74, 6) is 0.700. The molecule has 2 atom stereocenters. The van der Waals surface area contributed by atoms with Gasteiger partial charge in [-0.2, -0.15) is 0 Å². The highest BCUT2D eigenvalue weighted by molar-refractivity contribution is 4.93. The van der Waals surface area contributed by atoms with Gasteiger partial charge in [-0.3, -0.25) is 4.90 Å². The molecular weight excluding hydrogens is 196 g/mol. The summed E-state index contributed by atoms with van der Waals surface area (Å²) in [6, 6.07) is 0.666. The Bertz CT molecular complexity index is 227. The fourth-order valence-electron chi connectivity index (χ4n) is 2.03. The zero-order valence-electron chi connectivity index (χ0n) is 11.6. The summed E-state index contributed by atoms with van der Waals surface area (Å²) in [4.78, 5) is 2.58. The molecule has 94 valence electrons. The molecule has 0 spiro atoms. The zero-order valence-corrected chi connectivity index (χ0v) is 11.6. The van der Waals surface area contributed by atoms with E-state index in [4.69, 9.17) is 0 Å². The third kappa shape index (κ3) is 4.67. The Morgan fingerprint density at radius 3 is 2.44 bits per heavy atom. The second kappa shape index (κ2) is 5.83. The van der Waals surface area contributed by atoms with Gasteiger partial charge in [0, 0.05) is 24.7 Å². The quantitative estimate of drug-likeness (QED) is 0.739. The van der Waals surface area contributed by atoms with E-state index in [9.17, 15) is 0 Å². The van der Waals surface area contributed by atoms with Crippen LogP contribution in [0.2, 0.25) is 0 Å². The average Bonchev–Trinajstić information content (AvgIpc) is 2.25. The van der Waals surface area contributed by atoms with Gasteiger partial charge in [0.1, 0.15) is 0 Å². The van der Waals surface area contributed by atoms with Crippen molar-refractivity contribution in [2.24, 2.45) is 5.92 Å². The molecule has 0 aromatic rings. The molecule has 0 bridgehead atoms. The number of nitrogens with zero attached hydrogens (tertiary/aromatic N) is 1. The van der Waals surface area contributed by atoms with Crippen molar-refractivity contribution in [3.05, 3.63) is 12.2 Å². The van der Waals surface area contributed by atoms with Crippen molar-refractivity contribution in [2.75, 3.05) is 19.6 Å². The van der Waals surface area contributed by atoms with Crippen LogP contribution in [0.25, 0.3) is 0 Å². The first-order valence-corrected chi connectivity index (χ1v) is 6.54. The van der Waals surface area contributed by atoms with Gasteiger partial charge in [-0.1, -0.05) is 19.1 Å². The van der Waals surface area contributed by atoms with Crippen LogP contribution >= 0.6 is 0 Å². The van der Waals surface area contributed by atoms with Crippen LogP contribution in [0.1, 0.15) is 41.0 Å². The Morgan fingerprint density at radius 1 is 1.25 bits per heavy atom. The maximum atomic E-state index is 3.60. The lowest BCUT2D eigenvalue weighted by molar-refractivity contribution is 0.168. The van der Waals surface area contributed by atoms with Gasteiger partial charge in [0.2, 0.25) is 0 Å². The Balaban J connectivity index is 2.35. The van der Waals surface area contributed by atoms with E-state index in [1.54, 1.807) is 0 Å². The Hall–Kier alpha value is -0.340. The fraction of sp³-hybridized carbons (Fsp3) is 0.857. The van der Waals surface area contributed by atoms with Gasteiger partial charge in [-0.05, 0) is 46.6 Å². The normalized spacial score (nSPS) is 22.1. The Labute approximate surface area is 101 Å². The molecule has 0 saturated heterocycles. The summed E-state index contributed by atoms with van der Waals surface area (Å²) in [6.45, 7) is 14.8. The van der Waals surface area contributed by atoms with Gasteiger partial charge in [0.25, 0.3) is 0 Å². The SMILES string of the molecule is CC(CNC(C)(C)C)C(C)N1CC=CCC1. The van der Waals surface area contributed by atoms with E-state index < -0.39 is 0 Å². The number of rotatable bonds is 4. The van der Waals surface area contributed by atoms with Crippen LogP contribution in [0.3, 0.4) is 0 Å². The molecule has 1 aliphatic heterocycles. The van der Waals surface area contributed by atoms with Crippen molar-refractivity contribution in [3.63, 3.8) is 0 Å². The molecule has 0 saturated carbocycles. The van der Waals surface area contributed by atoms with Gasteiger partial charge < -0.3 is 5.32 Å². The van der Waals surface area contributed by atoms with E-state index in [-0.39, 0.29) is 5.54 Å². The highest BCUT2D eigenvalue weighted by Crippen LogP contribution is 2.14. The maximum absolute atomic E-state index is 3.60. The third-order valence-corrected chi connectivity index (χ3v) is 3.44. The molecule has 1 N–H and O–H groups in total. The molecule has 1 rings (SSSR count). The van der Waals surface area contributed by atoms with Crippen molar-refractivity contribution < 1.29 is 0 Å². The van der Waals surface area contributed by atoms with Crippen LogP contribution in [-0.2, 0) is 0 Å². The van der Waals surface area contributed by atoms with E-state index in [0.29, 0.717) is 12.0 Å². The molecule has 0 fully saturated rings. The van der Waals surface area contributed by atoms with Gasteiger partial charge in [0.05, 0.1) is 0 Å². The number of hydrogen-bond donors (Lipinski definition) is 1. The van der Waals surface area contributed by atoms with E-state index in [1.807, 2.05) is 0 Å². The Morgan fingerprint density at radius 2 is 1.94 bits per heavy atom. The minimum atomic E-state index is 0.232. The molecule has 0 radical (unpaired) electrons. The highest BCUT2D eigenvalue weighted by Gasteiger charge is 2.21. The average molecular weight is 224 g/mol. The van der Waals surface area contributed by atoms with Crippen LogP contribution in [-0.4, -0.2) is 36.1 Å². The lowest BCUT2D eigenvalue weighted by atomic mass is 9.99. The first kappa shape index (κ1) is 13.7. The minimum Gasteiger partial charge on any atom is -0.312 e. The van der Waals surface area contributed by atoms with Crippen molar-refractivity contribution in [1.82, 2.24) is 10.2 Å². The maximum Gasteiger partial charge on any atom is 0.0166 e. The molecule has 1 heterocycles. The summed E-state index contributed by atoms with van der Waals surface area (Å²) in [5, 5.41) is 3.60. The van der Waals surface area contributed by atoms with Crippen molar-refractivity contribution >= 4 is 0 Å². The third-order valence-electron chi connectivity index (χ3n) is 3.44. The molecule has 0 aromatic carbocycles. The summed E-state index contributed by atoms with van der Waals surface area (Å²) in [7, 11) is 0. The molecule has 16 heavy (non-hydrogen) atoms. The minimum absolute atomic E-state index is 0.232. The monoisotopic (exact) mass is 224 g/mol. The molecule has 0 amide bonds. The predicted molar refractivity (Wildman–Crippen MR) is 71.7 cm³/mol. The smallest absolute Gasteiger partial charge is 0.0166 e. The van der Waals surface area contributed by atoms with Gasteiger partial charge in [-0.25, -0.2) is 0 Å². The predicted octanol–water partition coefficient (Wildman–Crippen LogP) is 2.66. The number of hydrogen-bond acceptors (Lipinski definition) is 2. The fourth-order valence-corrected chi connectivity index (χ4v) is 2.03. The highest BCUT2D eigenvalue weighted by atomic mass is 15.2. The zero-order chi connectivity index (χ0) is 12.2. The molecule has 2 heteroatoms. The van der Waals surface area contributed by atoms with E-state index in [1.165, 1.54) is 13.0 Å². The van der Waals surface area contributed by atoms with Crippen molar-refractivity contribution in [1.29, 1.82) is 0 Å². The Kier molecular flexibility index (Phi) is 5.00. The van der Waals surface area contributed by atoms with Gasteiger partial charge >= 0.3 is 0 Å². The van der Waals surface area contributed by atoms with Crippen LogP contribution < -0.4 is 5.32 Å². The van der Waals surface area contributed by atoms with E-state index in [0.717, 1.165) is 13.1 Å². The molecule has 0 aliphatic carbocycles. The second-order valence-electron chi connectivity index (χ2n) is 6.10. The summed E-state index contributed by atoms with van der Waals surface area (Å²) in [6.07, 6.45) is 5.80. The van der Waals surface area contributed by atoms with Crippen LogP contribution in [0, 0.1) is 5.92 Å². The van der Waals surface area contributed by atoms with Gasteiger partial charge in [-0.15, -0.1) is 0 Å². The lowest BCUT2D eigenvalue weighted by Crippen LogP contribution is -2.46. The van der Waals surface area contributed by atoms with Crippen LogP contribution in [0.5, 0.6) is 0 Å². The van der Waals surface area contributed by atoms with Crippen LogP contribution in [0.15, 0.2) is 12.2 Å². The van der Waals surface area contributed by atoms with Crippen molar-refractivity contribution in [2.45, 2.75) is 52.6 Å². The molecule has 2 unspecified atom stereocenters. The first-order valence-electron chi connectivity index (χ1n) is 6.54. The summed E-state index contributed by atoms with van der Waals surface area (Å²) >= 11 is 0. The van der Waals surface area contributed by atoms with Crippen LogP contribution in [0.4, 0.5) is 0 Å². The molecule has 1 aliphatic rings. The van der Waals surface area contributed by atoms with Gasteiger partial charge in [0.15, 0.2) is 0 Å². The van der Waals surface area contributed by atoms with E-state index in [2.05, 4.69) is 57.0 Å². The topological polar surface area (TPSA) is 15.3 Å². The van der Waals surface area contributed by atoms with E-state index >= 15 is 0 Å². The lowest BCUT2D eigenvalue weighted by Gasteiger charge is -2.35. The molecular formula is C14H28N2. The van der Waals surface area contributed by atoms with Crippen molar-refractivity contribution in [3.8, 4) is 0 Å². The largest absolute Gasteiger partial charge is 0.312 e. The summed E-state index contributed by atoms with van der Waals surface area (Å²) < 4.78 is 0. The number of nitrogens with one attached hydrogen (secondary N) is 1. The first-order chi connectivity index (χ1) is 7.40. The molecule has 0 aromatic heterocycles. The summed E-state index contributed by atoms with van der Waals surface area (Å²) in [5.41, 5.74) is 0.232. The standard InChI is InChI=1S/C14H28N2/c1-12(11-15-14(3,4)5)13(2)16-9-7-6-8-10-16/h6-7,12-13,15H,8-11H2,1-5H3. The molecule has 2 nitrogen and oxygen atoms in total. The second-order valence-corrected chi connectivity index (χ2v) is 6.10.